The molecule has 5 aliphatic rings. The highest BCUT2D eigenvalue weighted by molar-refractivity contribution is 5.26. The van der Waals surface area contributed by atoms with E-state index >= 15 is 0 Å². The van der Waals surface area contributed by atoms with Crippen molar-refractivity contribution in [3.05, 3.63) is 5.82 Å². The van der Waals surface area contributed by atoms with E-state index in [1.54, 1.807) is 0 Å². The summed E-state index contributed by atoms with van der Waals surface area (Å²) in [5, 5.41) is 25.9. The topological polar surface area (TPSA) is 91.9 Å². The predicted molar refractivity (Wildman–Crippen MR) is 102 cm³/mol. The van der Waals surface area contributed by atoms with Crippen molar-refractivity contribution in [2.24, 2.45) is 5.41 Å². The van der Waals surface area contributed by atoms with Crippen LogP contribution in [0.5, 0.6) is 0 Å². The fraction of sp³-hybridized carbons (Fsp3) is 0.900. The molecule has 0 amide bonds. The maximum absolute atomic E-state index is 12.9. The average molecular weight is 404 g/mol. The van der Waals surface area contributed by atoms with Gasteiger partial charge in [-0.05, 0) is 67.2 Å². The summed E-state index contributed by atoms with van der Waals surface area (Å²) < 4.78 is 20.6. The summed E-state index contributed by atoms with van der Waals surface area (Å²) in [6, 6.07) is 2.26. The molecule has 2 saturated heterocycles. The molecular formula is C20H30FN7O. The van der Waals surface area contributed by atoms with Crippen LogP contribution in [0, 0.1) is 16.7 Å². The second kappa shape index (κ2) is 7.25. The van der Waals surface area contributed by atoms with Gasteiger partial charge in [-0.15, -0.1) is 5.10 Å². The van der Waals surface area contributed by atoms with Gasteiger partial charge in [-0.25, -0.2) is 4.68 Å². The predicted octanol–water partition coefficient (Wildman–Crippen LogP) is 1.54. The SMILES string of the molecule is N#CCN1CCC(NC23CC(CCF)(C2)C3)(c2nnnn2CC2CCCO2)CC1. The van der Waals surface area contributed by atoms with Crippen molar-refractivity contribution in [2.75, 3.05) is 32.9 Å². The molecule has 3 heterocycles. The molecule has 0 aromatic carbocycles. The Morgan fingerprint density at radius 1 is 1.28 bits per heavy atom. The molecule has 158 valence electrons. The largest absolute Gasteiger partial charge is 0.376 e. The summed E-state index contributed by atoms with van der Waals surface area (Å²) in [6.07, 6.45) is 7.92. The second-order valence-corrected chi connectivity index (χ2v) is 9.71. The Hall–Kier alpha value is -1.63. The molecule has 0 radical (unpaired) electrons. The van der Waals surface area contributed by atoms with Gasteiger partial charge in [0, 0.05) is 25.2 Å². The minimum absolute atomic E-state index is 0.104. The van der Waals surface area contributed by atoms with Gasteiger partial charge in [0.25, 0.3) is 0 Å². The van der Waals surface area contributed by atoms with E-state index < -0.39 is 0 Å². The van der Waals surface area contributed by atoms with Crippen LogP contribution in [0.1, 0.15) is 57.2 Å². The Kier molecular flexibility index (Phi) is 4.84. The standard InChI is InChI=1S/C20H30FN7O/c21-6-3-18-13-19(14-18,15-18)24-20(4-8-27(9-5-20)10-7-22)17-23-25-26-28(17)12-16-2-1-11-29-16/h16,24H,1-6,8-15H2. The Labute approximate surface area is 170 Å². The van der Waals surface area contributed by atoms with Gasteiger partial charge in [0.2, 0.25) is 0 Å². The maximum atomic E-state index is 12.9. The smallest absolute Gasteiger partial charge is 0.171 e. The van der Waals surface area contributed by atoms with Gasteiger partial charge in [-0.1, -0.05) is 0 Å². The number of rotatable bonds is 8. The minimum Gasteiger partial charge on any atom is -0.376 e. The number of hydrogen-bond acceptors (Lipinski definition) is 7. The van der Waals surface area contributed by atoms with Crippen molar-refractivity contribution in [3.8, 4) is 6.07 Å². The third-order valence-electron chi connectivity index (χ3n) is 7.63. The third kappa shape index (κ3) is 3.35. The highest BCUT2D eigenvalue weighted by Gasteiger charge is 2.69. The molecule has 1 aromatic heterocycles. The van der Waals surface area contributed by atoms with Gasteiger partial charge in [-0.3, -0.25) is 14.6 Å². The number of aromatic nitrogens is 4. The number of nitriles is 1. The molecule has 1 atom stereocenters. The highest BCUT2D eigenvalue weighted by Crippen LogP contribution is 2.69. The van der Waals surface area contributed by atoms with Gasteiger partial charge >= 0.3 is 0 Å². The molecule has 0 spiro atoms. The molecular weight excluding hydrogens is 373 g/mol. The Bertz CT molecular complexity index is 756. The first-order valence-corrected chi connectivity index (χ1v) is 10.9. The van der Waals surface area contributed by atoms with E-state index in [2.05, 4.69) is 31.8 Å². The summed E-state index contributed by atoms with van der Waals surface area (Å²) in [6.45, 7) is 3.44. The molecule has 1 unspecified atom stereocenters. The zero-order chi connectivity index (χ0) is 20.0. The minimum atomic E-state index is -0.295. The third-order valence-corrected chi connectivity index (χ3v) is 7.63. The van der Waals surface area contributed by atoms with Crippen LogP contribution >= 0.6 is 0 Å². The highest BCUT2D eigenvalue weighted by atomic mass is 19.1. The van der Waals surface area contributed by atoms with Crippen LogP contribution in [-0.2, 0) is 16.8 Å². The summed E-state index contributed by atoms with van der Waals surface area (Å²) in [5.74, 6) is 0.897. The molecule has 9 heteroatoms. The number of halogens is 1. The van der Waals surface area contributed by atoms with Crippen LogP contribution < -0.4 is 5.32 Å². The first kappa shape index (κ1) is 19.3. The zero-order valence-corrected chi connectivity index (χ0v) is 16.9. The number of alkyl halides is 1. The quantitative estimate of drug-likeness (QED) is 0.658. The van der Waals surface area contributed by atoms with Crippen LogP contribution in [0.15, 0.2) is 0 Å². The summed E-state index contributed by atoms with van der Waals surface area (Å²) in [7, 11) is 0. The number of likely N-dealkylation sites (tertiary alicyclic amines) is 1. The number of nitrogens with one attached hydrogen (secondary N) is 1. The van der Waals surface area contributed by atoms with E-state index in [1.807, 2.05) is 4.68 Å². The Balaban J connectivity index is 1.36. The number of ether oxygens (including phenoxy) is 1. The van der Waals surface area contributed by atoms with E-state index in [1.165, 1.54) is 0 Å². The van der Waals surface area contributed by atoms with E-state index in [-0.39, 0.29) is 29.3 Å². The lowest BCUT2D eigenvalue weighted by molar-refractivity contribution is -0.179. The summed E-state index contributed by atoms with van der Waals surface area (Å²) in [5.41, 5.74) is 0.0393. The lowest BCUT2D eigenvalue weighted by Gasteiger charge is -2.73. The first-order valence-electron chi connectivity index (χ1n) is 10.9. The molecule has 1 N–H and O–H groups in total. The first-order chi connectivity index (χ1) is 14.1. The molecule has 1 aromatic rings. The van der Waals surface area contributed by atoms with Crippen molar-refractivity contribution in [3.63, 3.8) is 0 Å². The molecule has 5 fully saturated rings. The average Bonchev–Trinajstić information content (AvgIpc) is 3.34. The van der Waals surface area contributed by atoms with Crippen molar-refractivity contribution < 1.29 is 9.13 Å². The van der Waals surface area contributed by atoms with E-state index in [4.69, 9.17) is 10.00 Å². The van der Waals surface area contributed by atoms with Gasteiger partial charge in [0.1, 0.15) is 0 Å². The number of nitrogens with zero attached hydrogens (tertiary/aromatic N) is 6. The Morgan fingerprint density at radius 2 is 2.07 bits per heavy atom. The van der Waals surface area contributed by atoms with Crippen LogP contribution in [0.3, 0.4) is 0 Å². The second-order valence-electron chi connectivity index (χ2n) is 9.71. The molecule has 8 nitrogen and oxygen atoms in total. The van der Waals surface area contributed by atoms with Crippen molar-refractivity contribution >= 4 is 0 Å². The van der Waals surface area contributed by atoms with Gasteiger partial charge in [0.05, 0.1) is 37.5 Å². The molecule has 3 saturated carbocycles. The molecule has 6 rings (SSSR count). The van der Waals surface area contributed by atoms with Crippen molar-refractivity contribution in [1.29, 1.82) is 5.26 Å². The van der Waals surface area contributed by atoms with Crippen molar-refractivity contribution in [2.45, 2.75) is 75.1 Å². The normalized spacial score (nSPS) is 35.7. The lowest BCUT2D eigenvalue weighted by atomic mass is 9.38. The van der Waals surface area contributed by atoms with Crippen LogP contribution in [0.2, 0.25) is 0 Å². The number of hydrogen-bond donors (Lipinski definition) is 1. The molecule has 2 bridgehead atoms. The van der Waals surface area contributed by atoms with Crippen LogP contribution in [0.25, 0.3) is 0 Å². The Morgan fingerprint density at radius 3 is 2.72 bits per heavy atom. The van der Waals surface area contributed by atoms with E-state index in [0.717, 1.165) is 70.5 Å². The monoisotopic (exact) mass is 403 g/mol. The van der Waals surface area contributed by atoms with Crippen LogP contribution in [0.4, 0.5) is 4.39 Å². The molecule has 2 aliphatic heterocycles. The van der Waals surface area contributed by atoms with E-state index in [9.17, 15) is 4.39 Å². The summed E-state index contributed by atoms with van der Waals surface area (Å²) >= 11 is 0. The lowest BCUT2D eigenvalue weighted by Crippen LogP contribution is -2.77. The number of tetrazole rings is 1. The van der Waals surface area contributed by atoms with E-state index in [0.29, 0.717) is 19.5 Å². The fourth-order valence-electron chi connectivity index (χ4n) is 6.35. The summed E-state index contributed by atoms with van der Waals surface area (Å²) in [4.78, 5) is 2.20. The van der Waals surface area contributed by atoms with Gasteiger partial charge < -0.3 is 4.74 Å². The van der Waals surface area contributed by atoms with Gasteiger partial charge in [0.15, 0.2) is 5.82 Å². The molecule has 3 aliphatic carbocycles. The van der Waals surface area contributed by atoms with Crippen LogP contribution in [-0.4, -0.2) is 69.7 Å². The molecule has 29 heavy (non-hydrogen) atoms. The number of piperidine rings is 1. The van der Waals surface area contributed by atoms with Crippen molar-refractivity contribution in [1.82, 2.24) is 30.4 Å². The van der Waals surface area contributed by atoms with Gasteiger partial charge in [-0.2, -0.15) is 5.26 Å². The fourth-order valence-corrected chi connectivity index (χ4v) is 6.35. The zero-order valence-electron chi connectivity index (χ0n) is 16.9. The maximum Gasteiger partial charge on any atom is 0.171 e.